The molecule has 1 aliphatic rings. The lowest BCUT2D eigenvalue weighted by molar-refractivity contribution is -0.145. The van der Waals surface area contributed by atoms with Crippen molar-refractivity contribution in [2.24, 2.45) is 0 Å². The Kier molecular flexibility index (Phi) is 7.28. The summed E-state index contributed by atoms with van der Waals surface area (Å²) in [5.74, 6) is 0.588. The van der Waals surface area contributed by atoms with Crippen molar-refractivity contribution in [3.63, 3.8) is 0 Å². The number of halogens is 1. The van der Waals surface area contributed by atoms with Crippen LogP contribution in [0.4, 0.5) is 4.39 Å². The van der Waals surface area contributed by atoms with Gasteiger partial charge in [-0.1, -0.05) is 17.3 Å². The molecule has 2 aromatic carbocycles. The van der Waals surface area contributed by atoms with Gasteiger partial charge in [0.15, 0.2) is 5.58 Å². The predicted octanol–water partition coefficient (Wildman–Crippen LogP) is 5.41. The van der Waals surface area contributed by atoms with Gasteiger partial charge in [-0.3, -0.25) is 4.79 Å². The van der Waals surface area contributed by atoms with Crippen LogP contribution in [-0.2, 0) is 16.0 Å². The average Bonchev–Trinajstić information content (AvgIpc) is 3.22. The Morgan fingerprint density at radius 3 is 2.76 bits per heavy atom. The second kappa shape index (κ2) is 10.3. The van der Waals surface area contributed by atoms with E-state index in [1.807, 2.05) is 19.1 Å². The Bertz CT molecular complexity index is 1100. The topological polar surface area (TPSA) is 64.8 Å². The second-order valence-electron chi connectivity index (χ2n) is 8.75. The molecular formula is C26H31FN2O4. The fourth-order valence-electron chi connectivity index (χ4n) is 4.69. The summed E-state index contributed by atoms with van der Waals surface area (Å²) in [6, 6.07) is 10.7. The lowest BCUT2D eigenvalue weighted by atomic mass is 9.91. The molecule has 1 saturated heterocycles. The number of hydrogen-bond acceptors (Lipinski definition) is 6. The van der Waals surface area contributed by atoms with Crippen LogP contribution in [0.2, 0.25) is 0 Å². The standard InChI is InChI=1S/C26H31FN2O4/c1-17(32-18(2)30)21-7-6-19(24(15-21)31-3)5-4-12-29-13-10-20(11-14-29)26-23-9-8-22(27)16-25(23)33-28-26/h6-9,15-17,20H,4-5,10-14H2,1-3H3. The van der Waals surface area contributed by atoms with E-state index in [-0.39, 0.29) is 17.9 Å². The molecular weight excluding hydrogens is 423 g/mol. The minimum absolute atomic E-state index is 0.292. The molecule has 0 saturated carbocycles. The molecule has 0 bridgehead atoms. The lowest BCUT2D eigenvalue weighted by Gasteiger charge is -2.31. The smallest absolute Gasteiger partial charge is 0.303 e. The summed E-state index contributed by atoms with van der Waals surface area (Å²) in [4.78, 5) is 13.7. The molecule has 6 nitrogen and oxygen atoms in total. The molecule has 2 heterocycles. The van der Waals surface area contributed by atoms with Crippen LogP contribution in [0.3, 0.4) is 0 Å². The summed E-state index contributed by atoms with van der Waals surface area (Å²) < 4.78 is 29.6. The van der Waals surface area contributed by atoms with Crippen LogP contribution < -0.4 is 4.74 Å². The van der Waals surface area contributed by atoms with E-state index < -0.39 is 0 Å². The third-order valence-electron chi connectivity index (χ3n) is 6.48. The van der Waals surface area contributed by atoms with Gasteiger partial charge in [0.25, 0.3) is 0 Å². The van der Waals surface area contributed by atoms with Gasteiger partial charge in [0, 0.05) is 24.3 Å². The number of aromatic nitrogens is 1. The van der Waals surface area contributed by atoms with Gasteiger partial charge < -0.3 is 18.9 Å². The van der Waals surface area contributed by atoms with E-state index in [0.717, 1.165) is 73.3 Å². The summed E-state index contributed by atoms with van der Waals surface area (Å²) in [5, 5.41) is 5.16. The highest BCUT2D eigenvalue weighted by atomic mass is 19.1. The Morgan fingerprint density at radius 1 is 1.24 bits per heavy atom. The monoisotopic (exact) mass is 454 g/mol. The zero-order valence-electron chi connectivity index (χ0n) is 19.5. The molecule has 0 N–H and O–H groups in total. The summed E-state index contributed by atoms with van der Waals surface area (Å²) in [7, 11) is 1.67. The van der Waals surface area contributed by atoms with Crippen LogP contribution in [0.5, 0.6) is 5.75 Å². The molecule has 7 heteroatoms. The third kappa shape index (κ3) is 5.53. The molecule has 1 fully saturated rings. The Balaban J connectivity index is 1.28. The molecule has 1 unspecified atom stereocenters. The highest BCUT2D eigenvalue weighted by Gasteiger charge is 2.25. The number of carbonyl (C=O) groups is 1. The van der Waals surface area contributed by atoms with E-state index in [1.165, 1.54) is 19.1 Å². The summed E-state index contributed by atoms with van der Waals surface area (Å²) in [5.41, 5.74) is 3.57. The van der Waals surface area contributed by atoms with Crippen LogP contribution in [-0.4, -0.2) is 42.8 Å². The number of ether oxygens (including phenoxy) is 2. The van der Waals surface area contributed by atoms with Gasteiger partial charge in [0.2, 0.25) is 0 Å². The molecule has 3 aromatic rings. The first kappa shape index (κ1) is 23.2. The maximum atomic E-state index is 13.4. The minimum Gasteiger partial charge on any atom is -0.496 e. The molecule has 176 valence electrons. The number of nitrogens with zero attached hydrogens (tertiary/aromatic N) is 2. The third-order valence-corrected chi connectivity index (χ3v) is 6.48. The highest BCUT2D eigenvalue weighted by Crippen LogP contribution is 2.33. The molecule has 0 aliphatic carbocycles. The van der Waals surface area contributed by atoms with Crippen molar-refractivity contribution in [1.82, 2.24) is 10.1 Å². The van der Waals surface area contributed by atoms with Crippen molar-refractivity contribution in [1.29, 1.82) is 0 Å². The fraction of sp³-hybridized carbons (Fsp3) is 0.462. The van der Waals surface area contributed by atoms with Gasteiger partial charge in [-0.2, -0.15) is 0 Å². The van der Waals surface area contributed by atoms with E-state index in [0.29, 0.717) is 11.5 Å². The normalized spacial score (nSPS) is 16.1. The summed E-state index contributed by atoms with van der Waals surface area (Å²) in [6.45, 7) is 6.32. The van der Waals surface area contributed by atoms with Crippen molar-refractivity contribution in [2.75, 3.05) is 26.7 Å². The lowest BCUT2D eigenvalue weighted by Crippen LogP contribution is -2.34. The van der Waals surface area contributed by atoms with Gasteiger partial charge in [-0.25, -0.2) is 4.39 Å². The number of rotatable bonds is 8. The van der Waals surface area contributed by atoms with Crippen molar-refractivity contribution in [3.8, 4) is 5.75 Å². The number of esters is 1. The highest BCUT2D eigenvalue weighted by molar-refractivity contribution is 5.79. The molecule has 1 atom stereocenters. The SMILES string of the molecule is COc1cc(C(C)OC(C)=O)ccc1CCCN1CCC(c2noc3cc(F)ccc23)CC1. The van der Waals surface area contributed by atoms with Crippen LogP contribution in [0.25, 0.3) is 11.0 Å². The maximum Gasteiger partial charge on any atom is 0.303 e. The maximum absolute atomic E-state index is 13.4. The number of methoxy groups -OCH3 is 1. The number of benzene rings is 2. The largest absolute Gasteiger partial charge is 0.496 e. The zero-order valence-corrected chi connectivity index (χ0v) is 19.5. The van der Waals surface area contributed by atoms with Gasteiger partial charge >= 0.3 is 5.97 Å². The van der Waals surface area contributed by atoms with E-state index in [2.05, 4.69) is 16.1 Å². The number of hydrogen-bond donors (Lipinski definition) is 0. The van der Waals surface area contributed by atoms with Gasteiger partial charge in [-0.05, 0) is 81.6 Å². The van der Waals surface area contributed by atoms with E-state index in [1.54, 1.807) is 13.2 Å². The molecule has 0 radical (unpaired) electrons. The first-order valence-corrected chi connectivity index (χ1v) is 11.6. The van der Waals surface area contributed by atoms with Gasteiger partial charge in [0.05, 0.1) is 12.8 Å². The first-order valence-electron chi connectivity index (χ1n) is 11.6. The molecule has 0 spiro atoms. The molecule has 0 amide bonds. The number of fused-ring (bicyclic) bond motifs is 1. The van der Waals surface area contributed by atoms with Gasteiger partial charge in [-0.15, -0.1) is 0 Å². The van der Waals surface area contributed by atoms with Crippen molar-refractivity contribution < 1.29 is 23.2 Å². The molecule has 33 heavy (non-hydrogen) atoms. The second-order valence-corrected chi connectivity index (χ2v) is 8.75. The summed E-state index contributed by atoms with van der Waals surface area (Å²) >= 11 is 0. The van der Waals surface area contributed by atoms with E-state index in [4.69, 9.17) is 14.0 Å². The Morgan fingerprint density at radius 2 is 2.03 bits per heavy atom. The zero-order chi connectivity index (χ0) is 23.4. The number of carbonyl (C=O) groups excluding carboxylic acids is 1. The van der Waals surface area contributed by atoms with Crippen molar-refractivity contribution >= 4 is 16.9 Å². The van der Waals surface area contributed by atoms with Crippen molar-refractivity contribution in [3.05, 3.63) is 59.0 Å². The van der Waals surface area contributed by atoms with Crippen LogP contribution in [0.1, 0.15) is 62.0 Å². The van der Waals surface area contributed by atoms with Gasteiger partial charge in [0.1, 0.15) is 17.7 Å². The summed E-state index contributed by atoms with van der Waals surface area (Å²) in [6.07, 6.45) is 3.69. The quantitative estimate of drug-likeness (QED) is 0.424. The van der Waals surface area contributed by atoms with Crippen LogP contribution >= 0.6 is 0 Å². The molecule has 4 rings (SSSR count). The number of piperidine rings is 1. The van der Waals surface area contributed by atoms with E-state index >= 15 is 0 Å². The Labute approximate surface area is 193 Å². The van der Waals surface area contributed by atoms with E-state index in [9.17, 15) is 9.18 Å². The molecule has 1 aliphatic heterocycles. The van der Waals surface area contributed by atoms with Crippen molar-refractivity contribution in [2.45, 2.75) is 51.6 Å². The number of aryl methyl sites for hydroxylation is 1. The Hall–Kier alpha value is -2.93. The van der Waals surface area contributed by atoms with Crippen LogP contribution in [0, 0.1) is 5.82 Å². The minimum atomic E-state index is -0.301. The first-order chi connectivity index (χ1) is 15.9. The average molecular weight is 455 g/mol. The van der Waals surface area contributed by atoms with Crippen LogP contribution in [0.15, 0.2) is 40.9 Å². The predicted molar refractivity (Wildman–Crippen MR) is 124 cm³/mol. The number of likely N-dealkylation sites (tertiary alicyclic amines) is 1. The fourth-order valence-corrected chi connectivity index (χ4v) is 4.69. The molecule has 1 aromatic heterocycles.